The highest BCUT2D eigenvalue weighted by Gasteiger charge is 2.48. The van der Waals surface area contributed by atoms with E-state index in [0.717, 1.165) is 15.6 Å². The van der Waals surface area contributed by atoms with Gasteiger partial charge in [-0.15, -0.1) is 9.55 Å². The maximum absolute atomic E-state index is 14.0. The van der Waals surface area contributed by atoms with Crippen molar-refractivity contribution in [3.05, 3.63) is 69.5 Å². The Balaban J connectivity index is 1.70. The van der Waals surface area contributed by atoms with Crippen LogP contribution in [0.3, 0.4) is 0 Å². The lowest BCUT2D eigenvalue weighted by atomic mass is 9.83. The quantitative estimate of drug-likeness (QED) is 0.214. The fourth-order valence-corrected chi connectivity index (χ4v) is 5.94. The molecule has 0 spiro atoms. The first-order valence-electron chi connectivity index (χ1n) is 11.1. The van der Waals surface area contributed by atoms with Gasteiger partial charge in [0.05, 0.1) is 13.2 Å². The molecule has 1 saturated heterocycles. The van der Waals surface area contributed by atoms with Gasteiger partial charge in [0, 0.05) is 23.2 Å². The second-order valence-corrected chi connectivity index (χ2v) is 11.4. The Kier molecular flexibility index (Phi) is 7.64. The average Bonchev–Trinajstić information content (AvgIpc) is 3.18. The second-order valence-electron chi connectivity index (χ2n) is 8.83. The third-order valence-corrected chi connectivity index (χ3v) is 7.76. The highest BCUT2D eigenvalue weighted by Crippen LogP contribution is 2.62. The Morgan fingerprint density at radius 2 is 2.00 bits per heavy atom. The fraction of sp³-hybridized carbons (Fsp3) is 0.348. The highest BCUT2D eigenvalue weighted by atomic mass is 35.5. The van der Waals surface area contributed by atoms with E-state index in [9.17, 15) is 9.36 Å². The van der Waals surface area contributed by atoms with Crippen LogP contribution in [0.25, 0.3) is 0 Å². The Labute approximate surface area is 218 Å². The van der Waals surface area contributed by atoms with Gasteiger partial charge in [-0.1, -0.05) is 55.2 Å². The summed E-state index contributed by atoms with van der Waals surface area (Å²) in [5.74, 6) is -0.865. The summed E-state index contributed by atoms with van der Waals surface area (Å²) in [5, 5.41) is 8.27. The number of carbonyl (C=O) groups excluding carboxylic acids is 1. The van der Waals surface area contributed by atoms with E-state index in [0.29, 0.717) is 10.2 Å². The summed E-state index contributed by atoms with van der Waals surface area (Å²) in [7, 11) is -4.11. The molecule has 3 aromatic rings. The van der Waals surface area contributed by atoms with Crippen molar-refractivity contribution in [3.8, 4) is 0 Å². The highest BCUT2D eigenvalue weighted by molar-refractivity contribution is 7.52. The minimum atomic E-state index is -4.11. The molecular weight excluding hydrogens is 528 g/mol. The maximum atomic E-state index is 14.0. The zero-order chi connectivity index (χ0) is 26.1. The van der Waals surface area contributed by atoms with Gasteiger partial charge in [-0.2, -0.15) is 0 Å². The zero-order valence-corrected chi connectivity index (χ0v) is 22.3. The normalized spacial score (nSPS) is 21.2. The first kappa shape index (κ1) is 26.4. The number of anilines is 2. The topological polar surface area (TPSA) is 131 Å². The molecule has 2 atom stereocenters. The van der Waals surface area contributed by atoms with Crippen LogP contribution >= 0.6 is 30.9 Å². The number of hydrogen-bond acceptors (Lipinski definition) is 9. The maximum Gasteiger partial charge on any atom is 0.457 e. The van der Waals surface area contributed by atoms with Crippen molar-refractivity contribution in [2.75, 3.05) is 24.3 Å². The number of nitrogens with zero attached hydrogens (tertiary/aromatic N) is 3. The number of esters is 1. The van der Waals surface area contributed by atoms with Crippen LogP contribution in [-0.2, 0) is 24.9 Å². The van der Waals surface area contributed by atoms with Gasteiger partial charge in [-0.3, -0.25) is 9.05 Å². The molecule has 1 fully saturated rings. The largest absolute Gasteiger partial charge is 0.462 e. The van der Waals surface area contributed by atoms with E-state index >= 15 is 0 Å². The molecule has 192 valence electrons. The van der Waals surface area contributed by atoms with Crippen LogP contribution in [0.5, 0.6) is 0 Å². The molecule has 3 N–H and O–H groups in total. The molecule has 4 rings (SSSR count). The van der Waals surface area contributed by atoms with Crippen LogP contribution < -0.4 is 11.1 Å². The minimum Gasteiger partial charge on any atom is -0.462 e. The third-order valence-electron chi connectivity index (χ3n) is 5.58. The molecule has 1 aliphatic rings. The standard InChI is InChI=1S/C23H26Cl2N5O5P/c1-4-33-22(31)18-20(26)30(29-21(18)28-12-14-5-10-17(25)27-11-14)36(32)34-13-23(2,3)19(35-36)15-6-8-16(24)9-7-15/h5-11,19H,4,12-13,26H2,1-3H3,(H,28,29)/t19-,36+/m1/s1. The number of nitrogens with one attached hydrogen (secondary N) is 1. The number of benzene rings is 1. The average molecular weight is 554 g/mol. The van der Waals surface area contributed by atoms with Crippen molar-refractivity contribution in [1.29, 1.82) is 0 Å². The van der Waals surface area contributed by atoms with Gasteiger partial charge in [0.1, 0.15) is 22.6 Å². The van der Waals surface area contributed by atoms with Crippen LogP contribution in [0.15, 0.2) is 42.6 Å². The van der Waals surface area contributed by atoms with E-state index < -0.39 is 25.2 Å². The molecule has 1 aliphatic heterocycles. The van der Waals surface area contributed by atoms with Crippen molar-refractivity contribution in [3.63, 3.8) is 0 Å². The molecule has 0 aliphatic carbocycles. The Morgan fingerprint density at radius 1 is 1.28 bits per heavy atom. The van der Waals surface area contributed by atoms with E-state index in [4.69, 9.17) is 42.7 Å². The number of ether oxygens (including phenoxy) is 1. The van der Waals surface area contributed by atoms with Crippen molar-refractivity contribution in [2.24, 2.45) is 5.41 Å². The van der Waals surface area contributed by atoms with Crippen LogP contribution in [0, 0.1) is 5.41 Å². The molecule has 10 nitrogen and oxygen atoms in total. The molecule has 0 amide bonds. The van der Waals surface area contributed by atoms with Gasteiger partial charge in [-0.25, -0.2) is 14.3 Å². The van der Waals surface area contributed by atoms with Crippen molar-refractivity contribution < 1.29 is 23.1 Å². The van der Waals surface area contributed by atoms with Gasteiger partial charge >= 0.3 is 13.7 Å². The lowest BCUT2D eigenvalue weighted by Crippen LogP contribution is -2.34. The molecule has 0 bridgehead atoms. The fourth-order valence-electron chi connectivity index (χ4n) is 3.71. The van der Waals surface area contributed by atoms with E-state index in [1.54, 1.807) is 49.5 Å². The molecule has 3 heterocycles. The molecule has 1 aromatic carbocycles. The predicted octanol–water partition coefficient (Wildman–Crippen LogP) is 5.73. The van der Waals surface area contributed by atoms with Crippen LogP contribution in [0.1, 0.15) is 48.4 Å². The Bertz CT molecular complexity index is 1300. The number of pyridine rings is 1. The first-order chi connectivity index (χ1) is 17.0. The van der Waals surface area contributed by atoms with E-state index in [1.807, 2.05) is 13.8 Å². The monoisotopic (exact) mass is 553 g/mol. The van der Waals surface area contributed by atoms with Crippen molar-refractivity contribution in [2.45, 2.75) is 33.4 Å². The molecule has 0 radical (unpaired) electrons. The van der Waals surface area contributed by atoms with E-state index in [2.05, 4.69) is 15.4 Å². The number of carbonyl (C=O) groups is 1. The number of aromatic nitrogens is 3. The van der Waals surface area contributed by atoms with Crippen LogP contribution in [-0.4, -0.2) is 33.7 Å². The van der Waals surface area contributed by atoms with Crippen molar-refractivity contribution in [1.82, 2.24) is 14.5 Å². The van der Waals surface area contributed by atoms with Crippen molar-refractivity contribution >= 4 is 48.6 Å². The van der Waals surface area contributed by atoms with Gasteiger partial charge in [-0.05, 0) is 36.2 Å². The lowest BCUT2D eigenvalue weighted by molar-refractivity contribution is -0.0304. The van der Waals surface area contributed by atoms with Crippen LogP contribution in [0.4, 0.5) is 11.6 Å². The summed E-state index contributed by atoms with van der Waals surface area (Å²) in [6.07, 6.45) is 0.953. The van der Waals surface area contributed by atoms with Gasteiger partial charge in [0.25, 0.3) is 0 Å². The van der Waals surface area contributed by atoms with E-state index in [1.165, 1.54) is 0 Å². The summed E-state index contributed by atoms with van der Waals surface area (Å²) in [6, 6.07) is 10.5. The molecule has 13 heteroatoms. The van der Waals surface area contributed by atoms with E-state index in [-0.39, 0.29) is 37.0 Å². The predicted molar refractivity (Wildman–Crippen MR) is 137 cm³/mol. The number of hydrogen-bond donors (Lipinski definition) is 2. The summed E-state index contributed by atoms with van der Waals surface area (Å²) in [4.78, 5) is 16.8. The Hall–Kier alpha value is -2.62. The van der Waals surface area contributed by atoms with Crippen LogP contribution in [0.2, 0.25) is 10.2 Å². The number of nitrogen functional groups attached to an aromatic ring is 1. The molecule has 0 saturated carbocycles. The third kappa shape index (κ3) is 5.38. The molecule has 0 unspecified atom stereocenters. The summed E-state index contributed by atoms with van der Waals surface area (Å²) in [5.41, 5.74) is 7.21. The number of nitrogens with two attached hydrogens (primary N) is 1. The van der Waals surface area contributed by atoms with Gasteiger partial charge in [0.15, 0.2) is 5.82 Å². The van der Waals surface area contributed by atoms with Gasteiger partial charge < -0.3 is 15.8 Å². The minimum absolute atomic E-state index is 0.0659. The van der Waals surface area contributed by atoms with Gasteiger partial charge in [0.2, 0.25) is 0 Å². The Morgan fingerprint density at radius 3 is 2.64 bits per heavy atom. The molecule has 2 aromatic heterocycles. The number of halogens is 2. The summed E-state index contributed by atoms with van der Waals surface area (Å²) >= 11 is 11.9. The first-order valence-corrected chi connectivity index (χ1v) is 13.4. The smallest absolute Gasteiger partial charge is 0.457 e. The summed E-state index contributed by atoms with van der Waals surface area (Å²) < 4.78 is 31.9. The second kappa shape index (κ2) is 10.4. The summed E-state index contributed by atoms with van der Waals surface area (Å²) in [6.45, 7) is 5.96. The SMILES string of the molecule is CCOC(=O)c1c(NCc2ccc(Cl)nc2)nn([P@]2(=O)OCC(C)(C)[C@@H](c3ccc(Cl)cc3)O2)c1N. The lowest BCUT2D eigenvalue weighted by Gasteiger charge is -2.41. The zero-order valence-electron chi connectivity index (χ0n) is 19.9. The molecule has 36 heavy (non-hydrogen) atoms. The number of rotatable bonds is 7. The molecular formula is C23H26Cl2N5O5P.